The smallest absolute Gasteiger partial charge is 0.124 e. The summed E-state index contributed by atoms with van der Waals surface area (Å²) in [6, 6.07) is 6.06. The van der Waals surface area contributed by atoms with Crippen molar-refractivity contribution in [2.75, 3.05) is 0 Å². The standard InChI is InChI=1S/C10H13Cl3Si/c1-6-3-4-7(2)8(5-6)10(12,13)9(11)14/h3-5,9H,1-2,14H3. The zero-order valence-electron chi connectivity index (χ0n) is 8.44. The number of halogens is 3. The van der Waals surface area contributed by atoms with E-state index in [1.165, 1.54) is 0 Å². The minimum atomic E-state index is -0.954. The lowest BCUT2D eigenvalue weighted by atomic mass is 10.0. The second kappa shape index (κ2) is 4.44. The summed E-state index contributed by atoms with van der Waals surface area (Å²) < 4.78 is -0.954. The third-order valence-electron chi connectivity index (χ3n) is 2.25. The Bertz CT molecular complexity index is 334. The molecule has 4 heteroatoms. The Morgan fingerprint density at radius 1 is 1.29 bits per heavy atom. The highest BCUT2D eigenvalue weighted by Crippen LogP contribution is 2.40. The van der Waals surface area contributed by atoms with E-state index in [0.29, 0.717) is 0 Å². The number of alkyl halides is 3. The van der Waals surface area contributed by atoms with Crippen LogP contribution in [0.3, 0.4) is 0 Å². The van der Waals surface area contributed by atoms with Crippen molar-refractivity contribution in [3.05, 3.63) is 34.9 Å². The zero-order valence-corrected chi connectivity index (χ0v) is 12.7. The van der Waals surface area contributed by atoms with Crippen molar-refractivity contribution < 1.29 is 0 Å². The second-order valence-electron chi connectivity index (χ2n) is 3.56. The molecule has 0 aliphatic heterocycles. The summed E-state index contributed by atoms with van der Waals surface area (Å²) in [5, 5.41) is -0.189. The van der Waals surface area contributed by atoms with Crippen LogP contribution in [0.4, 0.5) is 0 Å². The molecule has 1 rings (SSSR count). The Morgan fingerprint density at radius 3 is 2.36 bits per heavy atom. The van der Waals surface area contributed by atoms with Gasteiger partial charge < -0.3 is 0 Å². The van der Waals surface area contributed by atoms with E-state index in [9.17, 15) is 0 Å². The molecule has 0 saturated carbocycles. The zero-order chi connectivity index (χ0) is 10.9. The van der Waals surface area contributed by atoms with Crippen LogP contribution in [-0.4, -0.2) is 15.2 Å². The average molecular weight is 268 g/mol. The third kappa shape index (κ3) is 2.46. The topological polar surface area (TPSA) is 0 Å². The normalized spacial score (nSPS) is 14.4. The summed E-state index contributed by atoms with van der Waals surface area (Å²) in [7, 11) is 0.759. The molecule has 0 fully saturated rings. The Hall–Kier alpha value is 0.307. The lowest BCUT2D eigenvalue weighted by Gasteiger charge is -2.25. The second-order valence-corrected chi connectivity index (χ2v) is 7.48. The van der Waals surface area contributed by atoms with Crippen LogP contribution in [0.5, 0.6) is 0 Å². The molecule has 0 saturated heterocycles. The van der Waals surface area contributed by atoms with E-state index < -0.39 is 4.33 Å². The average Bonchev–Trinajstić information content (AvgIpc) is 2.08. The number of rotatable bonds is 2. The first-order chi connectivity index (χ1) is 6.35. The summed E-state index contributed by atoms with van der Waals surface area (Å²) in [4.78, 5) is 0. The van der Waals surface area contributed by atoms with Crippen molar-refractivity contribution in [2.45, 2.75) is 23.2 Å². The maximum absolute atomic E-state index is 6.24. The maximum atomic E-state index is 6.24. The molecule has 0 spiro atoms. The van der Waals surface area contributed by atoms with Crippen LogP contribution in [-0.2, 0) is 4.33 Å². The largest absolute Gasteiger partial charge is 0.156 e. The van der Waals surface area contributed by atoms with Crippen molar-refractivity contribution in [1.29, 1.82) is 0 Å². The molecule has 1 unspecified atom stereocenters. The van der Waals surface area contributed by atoms with Crippen molar-refractivity contribution >= 4 is 45.0 Å². The molecule has 0 amide bonds. The molecule has 0 aliphatic rings. The van der Waals surface area contributed by atoms with Gasteiger partial charge in [-0.25, -0.2) is 0 Å². The molecule has 1 atom stereocenters. The highest BCUT2D eigenvalue weighted by molar-refractivity contribution is 6.58. The van der Waals surface area contributed by atoms with Crippen molar-refractivity contribution in [3.8, 4) is 0 Å². The molecular weight excluding hydrogens is 255 g/mol. The molecule has 0 heterocycles. The molecule has 0 N–H and O–H groups in total. The van der Waals surface area contributed by atoms with E-state index >= 15 is 0 Å². The Kier molecular flexibility index (Phi) is 3.92. The first kappa shape index (κ1) is 12.4. The van der Waals surface area contributed by atoms with Crippen LogP contribution < -0.4 is 0 Å². The number of hydrogen-bond acceptors (Lipinski definition) is 0. The number of aryl methyl sites for hydroxylation is 2. The van der Waals surface area contributed by atoms with Crippen LogP contribution in [0, 0.1) is 13.8 Å². The molecular formula is C10H13Cl3Si. The van der Waals surface area contributed by atoms with E-state index in [4.69, 9.17) is 34.8 Å². The fourth-order valence-electron chi connectivity index (χ4n) is 1.31. The highest BCUT2D eigenvalue weighted by atomic mass is 35.5. The van der Waals surface area contributed by atoms with E-state index in [0.717, 1.165) is 26.9 Å². The van der Waals surface area contributed by atoms with Crippen LogP contribution in [0.15, 0.2) is 18.2 Å². The Balaban J connectivity index is 3.24. The summed E-state index contributed by atoms with van der Waals surface area (Å²) in [5.41, 5.74) is 3.16. The Labute approximate surface area is 103 Å². The van der Waals surface area contributed by atoms with Crippen LogP contribution in [0.1, 0.15) is 16.7 Å². The van der Waals surface area contributed by atoms with E-state index in [2.05, 4.69) is 0 Å². The summed E-state index contributed by atoms with van der Waals surface area (Å²) in [6.07, 6.45) is 0. The molecule has 0 nitrogen and oxygen atoms in total. The van der Waals surface area contributed by atoms with Gasteiger partial charge in [-0.15, -0.1) is 11.6 Å². The predicted octanol–water partition coefficient (Wildman–Crippen LogP) is 2.86. The lowest BCUT2D eigenvalue weighted by Crippen LogP contribution is -2.25. The molecule has 0 aromatic heterocycles. The molecule has 0 bridgehead atoms. The van der Waals surface area contributed by atoms with Gasteiger partial charge in [-0.3, -0.25) is 0 Å². The quantitative estimate of drug-likeness (QED) is 0.571. The van der Waals surface area contributed by atoms with Gasteiger partial charge in [-0.1, -0.05) is 47.0 Å². The number of benzene rings is 1. The minimum Gasteiger partial charge on any atom is -0.124 e. The summed E-state index contributed by atoms with van der Waals surface area (Å²) in [6.45, 7) is 4.01. The van der Waals surface area contributed by atoms with Gasteiger partial charge in [0.15, 0.2) is 4.33 Å². The molecule has 1 aromatic rings. The SMILES string of the molecule is Cc1ccc(C)c(C(Cl)(Cl)C([SiH3])Cl)c1. The lowest BCUT2D eigenvalue weighted by molar-refractivity contribution is 0.916. The predicted molar refractivity (Wildman–Crippen MR) is 68.9 cm³/mol. The van der Waals surface area contributed by atoms with Gasteiger partial charge in [-0.05, 0) is 25.0 Å². The molecule has 0 aliphatic carbocycles. The van der Waals surface area contributed by atoms with Crippen molar-refractivity contribution in [1.82, 2.24) is 0 Å². The fraction of sp³-hybridized carbons (Fsp3) is 0.400. The molecule has 1 aromatic carbocycles. The van der Waals surface area contributed by atoms with Gasteiger partial charge in [0.2, 0.25) is 0 Å². The maximum Gasteiger partial charge on any atom is 0.156 e. The van der Waals surface area contributed by atoms with Gasteiger partial charge in [0.25, 0.3) is 0 Å². The Morgan fingerprint density at radius 2 is 1.86 bits per heavy atom. The van der Waals surface area contributed by atoms with Gasteiger partial charge in [-0.2, -0.15) is 0 Å². The van der Waals surface area contributed by atoms with Gasteiger partial charge in [0.1, 0.15) is 0 Å². The highest BCUT2D eigenvalue weighted by Gasteiger charge is 2.33. The van der Waals surface area contributed by atoms with Crippen LogP contribution in [0.25, 0.3) is 0 Å². The number of hydrogen-bond donors (Lipinski definition) is 0. The molecule has 14 heavy (non-hydrogen) atoms. The van der Waals surface area contributed by atoms with E-state index in [1.807, 2.05) is 32.0 Å². The van der Waals surface area contributed by atoms with Gasteiger partial charge in [0.05, 0.1) is 5.00 Å². The third-order valence-corrected chi connectivity index (χ3v) is 5.46. The van der Waals surface area contributed by atoms with Gasteiger partial charge >= 0.3 is 0 Å². The van der Waals surface area contributed by atoms with Crippen LogP contribution >= 0.6 is 34.8 Å². The van der Waals surface area contributed by atoms with Crippen LogP contribution in [0.2, 0.25) is 0 Å². The van der Waals surface area contributed by atoms with E-state index in [1.54, 1.807) is 0 Å². The first-order valence-electron chi connectivity index (χ1n) is 4.45. The molecule has 78 valence electrons. The monoisotopic (exact) mass is 266 g/mol. The summed E-state index contributed by atoms with van der Waals surface area (Å²) >= 11 is 18.5. The van der Waals surface area contributed by atoms with Crippen molar-refractivity contribution in [3.63, 3.8) is 0 Å². The molecule has 0 radical (unpaired) electrons. The van der Waals surface area contributed by atoms with E-state index in [-0.39, 0.29) is 5.00 Å². The van der Waals surface area contributed by atoms with Crippen molar-refractivity contribution in [2.24, 2.45) is 0 Å². The first-order valence-corrected chi connectivity index (χ1v) is 6.80. The van der Waals surface area contributed by atoms with Gasteiger partial charge in [0, 0.05) is 10.2 Å². The minimum absolute atomic E-state index is 0.189. The summed E-state index contributed by atoms with van der Waals surface area (Å²) in [5.74, 6) is 0. The fourth-order valence-corrected chi connectivity index (χ4v) is 2.14.